The minimum atomic E-state index is -4.85. The molecule has 0 atom stereocenters. The molecule has 2 N–H and O–H groups in total. The number of rotatable bonds is 0. The van der Waals surface area contributed by atoms with Crippen molar-refractivity contribution in [2.45, 2.75) is 19.1 Å². The number of nitrogens with two attached hydrogens (primary N) is 1. The first-order chi connectivity index (χ1) is 8.29. The molecule has 1 aromatic carbocycles. The van der Waals surface area contributed by atoms with Crippen LogP contribution in [0, 0.1) is 0 Å². The Morgan fingerprint density at radius 3 is 2.67 bits per heavy atom. The lowest BCUT2D eigenvalue weighted by atomic mass is 9.99. The summed E-state index contributed by atoms with van der Waals surface area (Å²) >= 11 is 5.96. The highest BCUT2D eigenvalue weighted by Crippen LogP contribution is 2.30. The van der Waals surface area contributed by atoms with Crippen LogP contribution in [0.5, 0.6) is 0 Å². The first-order valence-electron chi connectivity index (χ1n) is 5.22. The summed E-state index contributed by atoms with van der Waals surface area (Å²) in [5, 5.41) is 0.434. The summed E-state index contributed by atoms with van der Waals surface area (Å²) in [4.78, 5) is 11.9. The Bertz CT molecular complexity index is 502. The van der Waals surface area contributed by atoms with Crippen LogP contribution in [0.3, 0.4) is 0 Å². The molecule has 0 bridgehead atoms. The molecule has 0 spiro atoms. The molecule has 1 aromatic rings. The van der Waals surface area contributed by atoms with Crippen molar-refractivity contribution in [3.8, 4) is 0 Å². The van der Waals surface area contributed by atoms with Crippen molar-refractivity contribution in [3.05, 3.63) is 28.3 Å². The van der Waals surface area contributed by atoms with Gasteiger partial charge in [-0.3, -0.25) is 4.79 Å². The molecule has 0 saturated carbocycles. The SMILES string of the molecule is Nc1cc(Cl)c2c(c1)CN(C(=O)C(F)(F)F)CC2. The van der Waals surface area contributed by atoms with Gasteiger partial charge in [-0.25, -0.2) is 0 Å². The number of nitrogen functional groups attached to an aromatic ring is 1. The summed E-state index contributed by atoms with van der Waals surface area (Å²) in [5.41, 5.74) is 7.29. The minimum Gasteiger partial charge on any atom is -0.399 e. The van der Waals surface area contributed by atoms with Crippen molar-refractivity contribution in [2.24, 2.45) is 0 Å². The van der Waals surface area contributed by atoms with Crippen LogP contribution in [-0.2, 0) is 17.8 Å². The Morgan fingerprint density at radius 2 is 2.06 bits per heavy atom. The molecule has 1 heterocycles. The van der Waals surface area contributed by atoms with Crippen LogP contribution in [0.4, 0.5) is 18.9 Å². The Morgan fingerprint density at radius 1 is 1.39 bits per heavy atom. The van der Waals surface area contributed by atoms with Crippen LogP contribution in [0.1, 0.15) is 11.1 Å². The number of carbonyl (C=O) groups is 1. The zero-order valence-corrected chi connectivity index (χ0v) is 9.98. The maximum absolute atomic E-state index is 12.3. The number of carbonyl (C=O) groups excluding carboxylic acids is 1. The van der Waals surface area contributed by atoms with E-state index in [1.54, 1.807) is 12.1 Å². The van der Waals surface area contributed by atoms with E-state index >= 15 is 0 Å². The van der Waals surface area contributed by atoms with E-state index in [2.05, 4.69) is 0 Å². The molecule has 18 heavy (non-hydrogen) atoms. The third kappa shape index (κ3) is 2.38. The fourth-order valence-corrected chi connectivity index (χ4v) is 2.36. The van der Waals surface area contributed by atoms with Crippen LogP contribution < -0.4 is 5.73 Å². The summed E-state index contributed by atoms with van der Waals surface area (Å²) in [6.07, 6.45) is -4.54. The van der Waals surface area contributed by atoms with E-state index in [9.17, 15) is 18.0 Å². The van der Waals surface area contributed by atoms with Crippen molar-refractivity contribution in [1.82, 2.24) is 4.90 Å². The molecule has 1 aliphatic heterocycles. The third-order valence-electron chi connectivity index (χ3n) is 2.83. The molecule has 1 aliphatic rings. The fourth-order valence-electron chi connectivity index (χ4n) is 2.02. The van der Waals surface area contributed by atoms with E-state index in [0.29, 0.717) is 22.7 Å². The summed E-state index contributed by atoms with van der Waals surface area (Å²) in [5.74, 6) is -1.83. The van der Waals surface area contributed by atoms with Gasteiger partial charge in [0, 0.05) is 23.8 Å². The van der Waals surface area contributed by atoms with Crippen molar-refractivity contribution < 1.29 is 18.0 Å². The maximum atomic E-state index is 12.3. The third-order valence-corrected chi connectivity index (χ3v) is 3.17. The quantitative estimate of drug-likeness (QED) is 0.741. The standard InChI is InChI=1S/C11H10ClF3N2O/c12-9-4-7(16)3-6-5-17(2-1-8(6)9)10(18)11(13,14)15/h3-4H,1-2,5,16H2. The van der Waals surface area contributed by atoms with Crippen LogP contribution in [0.15, 0.2) is 12.1 Å². The normalized spacial score (nSPS) is 15.4. The molecular formula is C11H10ClF3N2O. The van der Waals surface area contributed by atoms with E-state index in [4.69, 9.17) is 17.3 Å². The molecule has 0 fully saturated rings. The highest BCUT2D eigenvalue weighted by molar-refractivity contribution is 6.31. The molecule has 0 radical (unpaired) electrons. The van der Waals surface area contributed by atoms with Gasteiger partial charge in [-0.2, -0.15) is 13.2 Å². The first kappa shape index (κ1) is 13.0. The number of anilines is 1. The van der Waals surface area contributed by atoms with Gasteiger partial charge in [0.15, 0.2) is 0 Å². The van der Waals surface area contributed by atoms with E-state index in [-0.39, 0.29) is 13.1 Å². The van der Waals surface area contributed by atoms with Crippen LogP contribution in [-0.4, -0.2) is 23.5 Å². The van der Waals surface area contributed by atoms with Crippen molar-refractivity contribution >= 4 is 23.2 Å². The smallest absolute Gasteiger partial charge is 0.399 e. The predicted molar refractivity (Wildman–Crippen MR) is 61.0 cm³/mol. The van der Waals surface area contributed by atoms with Gasteiger partial charge in [0.05, 0.1) is 0 Å². The maximum Gasteiger partial charge on any atom is 0.471 e. The predicted octanol–water partition coefficient (Wildman–Crippen LogP) is 2.37. The highest BCUT2D eigenvalue weighted by Gasteiger charge is 2.43. The molecule has 2 rings (SSSR count). The molecule has 7 heteroatoms. The van der Waals surface area contributed by atoms with Gasteiger partial charge in [0.1, 0.15) is 0 Å². The second-order valence-electron chi connectivity index (χ2n) is 4.11. The topological polar surface area (TPSA) is 46.3 Å². The van der Waals surface area contributed by atoms with Crippen molar-refractivity contribution in [3.63, 3.8) is 0 Å². The van der Waals surface area contributed by atoms with Gasteiger partial charge < -0.3 is 10.6 Å². The summed E-state index contributed by atoms with van der Waals surface area (Å²) < 4.78 is 37.0. The number of amides is 1. The number of benzene rings is 1. The zero-order valence-electron chi connectivity index (χ0n) is 9.22. The highest BCUT2D eigenvalue weighted by atomic mass is 35.5. The van der Waals surface area contributed by atoms with Gasteiger partial charge in [0.2, 0.25) is 0 Å². The van der Waals surface area contributed by atoms with Crippen LogP contribution >= 0.6 is 11.6 Å². The minimum absolute atomic E-state index is 0.00891. The number of nitrogens with zero attached hydrogens (tertiary/aromatic N) is 1. The summed E-state index contributed by atoms with van der Waals surface area (Å²) in [7, 11) is 0. The Kier molecular flexibility index (Phi) is 3.14. The van der Waals surface area contributed by atoms with E-state index in [1.807, 2.05) is 0 Å². The number of alkyl halides is 3. The second kappa shape index (κ2) is 4.35. The number of halogens is 4. The molecule has 3 nitrogen and oxygen atoms in total. The average Bonchev–Trinajstić information content (AvgIpc) is 2.25. The largest absolute Gasteiger partial charge is 0.471 e. The number of fused-ring (bicyclic) bond motifs is 1. The summed E-state index contributed by atoms with van der Waals surface area (Å²) in [6, 6.07) is 3.11. The monoisotopic (exact) mass is 278 g/mol. The molecule has 1 amide bonds. The van der Waals surface area contributed by atoms with Gasteiger partial charge in [-0.05, 0) is 29.7 Å². The Balaban J connectivity index is 2.28. The number of hydrogen-bond acceptors (Lipinski definition) is 2. The lowest BCUT2D eigenvalue weighted by molar-refractivity contribution is -0.186. The zero-order chi connectivity index (χ0) is 13.5. The van der Waals surface area contributed by atoms with Crippen molar-refractivity contribution in [1.29, 1.82) is 0 Å². The average molecular weight is 279 g/mol. The van der Waals surface area contributed by atoms with E-state index < -0.39 is 12.1 Å². The van der Waals surface area contributed by atoms with Gasteiger partial charge in [-0.1, -0.05) is 11.6 Å². The Hall–Kier alpha value is -1.43. The molecule has 0 saturated heterocycles. The van der Waals surface area contributed by atoms with E-state index in [0.717, 1.165) is 10.5 Å². The molecule has 0 aromatic heterocycles. The van der Waals surface area contributed by atoms with Crippen molar-refractivity contribution in [2.75, 3.05) is 12.3 Å². The van der Waals surface area contributed by atoms with Gasteiger partial charge in [0.25, 0.3) is 0 Å². The first-order valence-corrected chi connectivity index (χ1v) is 5.59. The number of hydrogen-bond donors (Lipinski definition) is 1. The second-order valence-corrected chi connectivity index (χ2v) is 4.52. The molecule has 0 unspecified atom stereocenters. The van der Waals surface area contributed by atoms with Crippen LogP contribution in [0.25, 0.3) is 0 Å². The Labute approximate surface area is 106 Å². The molecule has 98 valence electrons. The molecule has 0 aliphatic carbocycles. The van der Waals surface area contributed by atoms with E-state index in [1.165, 1.54) is 0 Å². The van der Waals surface area contributed by atoms with Gasteiger partial charge >= 0.3 is 12.1 Å². The lowest BCUT2D eigenvalue weighted by Gasteiger charge is -2.30. The summed E-state index contributed by atoms with van der Waals surface area (Å²) in [6.45, 7) is -0.104. The molecular weight excluding hydrogens is 269 g/mol. The lowest BCUT2D eigenvalue weighted by Crippen LogP contribution is -2.43. The fraction of sp³-hybridized carbons (Fsp3) is 0.364. The van der Waals surface area contributed by atoms with Gasteiger partial charge in [-0.15, -0.1) is 0 Å². The van der Waals surface area contributed by atoms with Crippen LogP contribution in [0.2, 0.25) is 5.02 Å².